The molecule has 3 aromatic rings. The molecule has 5 N–H and O–H groups in total. The van der Waals surface area contributed by atoms with E-state index in [0.29, 0.717) is 39.7 Å². The lowest BCUT2D eigenvalue weighted by Gasteiger charge is -2.13. The van der Waals surface area contributed by atoms with Crippen LogP contribution in [0.25, 0.3) is 11.2 Å². The van der Waals surface area contributed by atoms with Crippen molar-refractivity contribution in [3.05, 3.63) is 52.4 Å². The number of fused-ring (bicyclic) bond motifs is 1. The Hall–Kier alpha value is -3.01. The van der Waals surface area contributed by atoms with Crippen molar-refractivity contribution in [2.45, 2.75) is 19.5 Å². The van der Waals surface area contributed by atoms with Crippen LogP contribution in [0.5, 0.6) is 0 Å². The van der Waals surface area contributed by atoms with E-state index in [9.17, 15) is 15.0 Å². The highest BCUT2D eigenvalue weighted by Crippen LogP contribution is 2.24. The van der Waals surface area contributed by atoms with Gasteiger partial charge in [0.25, 0.3) is 5.91 Å². The predicted octanol–water partition coefficient (Wildman–Crippen LogP) is 1.65. The highest BCUT2D eigenvalue weighted by Gasteiger charge is 2.21. The van der Waals surface area contributed by atoms with Crippen LogP contribution in [-0.2, 0) is 6.54 Å². The Balaban J connectivity index is 2.06. The minimum atomic E-state index is -0.778. The van der Waals surface area contributed by atoms with E-state index >= 15 is 0 Å². The van der Waals surface area contributed by atoms with Gasteiger partial charge in [-0.05, 0) is 25.1 Å². The summed E-state index contributed by atoms with van der Waals surface area (Å²) in [6.45, 7) is 1.70. The van der Waals surface area contributed by atoms with Gasteiger partial charge in [0.15, 0.2) is 5.65 Å². The molecule has 3 rings (SSSR count). The quantitative estimate of drug-likeness (QED) is 0.345. The van der Waals surface area contributed by atoms with Crippen LogP contribution in [0.2, 0.25) is 5.02 Å². The van der Waals surface area contributed by atoms with Gasteiger partial charge in [-0.25, -0.2) is 9.97 Å². The van der Waals surface area contributed by atoms with Crippen LogP contribution in [-0.4, -0.2) is 62.7 Å². The van der Waals surface area contributed by atoms with E-state index in [4.69, 9.17) is 17.0 Å². The van der Waals surface area contributed by atoms with E-state index < -0.39 is 11.9 Å². The summed E-state index contributed by atoms with van der Waals surface area (Å²) < 4.78 is 1.78. The van der Waals surface area contributed by atoms with Crippen molar-refractivity contribution in [3.63, 3.8) is 0 Å². The lowest BCUT2D eigenvalue weighted by Crippen LogP contribution is -2.40. The van der Waals surface area contributed by atoms with Gasteiger partial charge in [0.05, 0.1) is 36.7 Å². The minimum Gasteiger partial charge on any atom is -0.394 e. The van der Waals surface area contributed by atoms with Crippen LogP contribution in [0.4, 0.5) is 5.69 Å². The number of aryl methyl sites for hydroxylation is 1. The Morgan fingerprint density at radius 3 is 2.67 bits per heavy atom. The van der Waals surface area contributed by atoms with Crippen molar-refractivity contribution in [1.29, 1.82) is 5.41 Å². The molecule has 0 atom stereocenters. The average Bonchev–Trinajstić information content (AvgIpc) is 3.14. The van der Waals surface area contributed by atoms with Crippen molar-refractivity contribution < 1.29 is 15.0 Å². The zero-order chi connectivity index (χ0) is 21.8. The number of anilines is 1. The Bertz CT molecular complexity index is 1090. The van der Waals surface area contributed by atoms with Gasteiger partial charge in [0, 0.05) is 36.1 Å². The van der Waals surface area contributed by atoms with Crippen LogP contribution in [0, 0.1) is 5.41 Å². The van der Waals surface area contributed by atoms with E-state index in [-0.39, 0.29) is 24.5 Å². The normalized spacial score (nSPS) is 11.1. The summed E-state index contributed by atoms with van der Waals surface area (Å²) in [6.07, 6.45) is 3.12. The van der Waals surface area contributed by atoms with Crippen LogP contribution in [0.3, 0.4) is 0 Å². The molecule has 0 fully saturated rings. The van der Waals surface area contributed by atoms with Crippen LogP contribution < -0.4 is 10.6 Å². The van der Waals surface area contributed by atoms with Crippen LogP contribution in [0.15, 0.2) is 30.6 Å². The van der Waals surface area contributed by atoms with Gasteiger partial charge in [-0.15, -0.1) is 0 Å². The van der Waals surface area contributed by atoms with Gasteiger partial charge in [-0.2, -0.15) is 0 Å². The first kappa shape index (κ1) is 21.7. The molecule has 0 spiro atoms. The highest BCUT2D eigenvalue weighted by molar-refractivity contribution is 6.31. The molecule has 0 saturated carbocycles. The molecular weight excluding hydrogens is 408 g/mol. The molecule has 2 heterocycles. The first-order valence-electron chi connectivity index (χ1n) is 9.38. The van der Waals surface area contributed by atoms with Crippen molar-refractivity contribution in [2.24, 2.45) is 0 Å². The molecule has 2 aromatic heterocycles. The molecule has 30 heavy (non-hydrogen) atoms. The van der Waals surface area contributed by atoms with Gasteiger partial charge in [-0.3, -0.25) is 10.2 Å². The van der Waals surface area contributed by atoms with Gasteiger partial charge < -0.3 is 25.4 Å². The van der Waals surface area contributed by atoms with E-state index in [0.717, 1.165) is 0 Å². The molecule has 10 heteroatoms. The standard InChI is InChI=1S/C20H23ClN6O3/c1-3-27-8-14(20(30)25-12(9-28)10-29)18-19(27)24-7-16(26-18)17(22)13-5-4-11(21)6-15(13)23-2/h4-8,12,22-23,28-29H,3,9-10H2,1-2H3,(H,25,30). The fourth-order valence-electron chi connectivity index (χ4n) is 3.07. The number of nitrogens with one attached hydrogen (secondary N) is 3. The number of aliphatic hydroxyl groups is 2. The zero-order valence-electron chi connectivity index (χ0n) is 16.6. The Morgan fingerprint density at radius 2 is 2.03 bits per heavy atom. The number of nitrogens with zero attached hydrogens (tertiary/aromatic N) is 3. The topological polar surface area (TPSA) is 136 Å². The summed E-state index contributed by atoms with van der Waals surface area (Å²) >= 11 is 6.04. The van der Waals surface area contributed by atoms with E-state index in [1.807, 2.05) is 6.92 Å². The number of rotatable bonds is 8. The number of halogens is 1. The van der Waals surface area contributed by atoms with Gasteiger partial charge >= 0.3 is 0 Å². The summed E-state index contributed by atoms with van der Waals surface area (Å²) in [5, 5.41) is 33.2. The summed E-state index contributed by atoms with van der Waals surface area (Å²) in [5.74, 6) is -0.485. The van der Waals surface area contributed by atoms with Gasteiger partial charge in [0.1, 0.15) is 11.2 Å². The third kappa shape index (κ3) is 4.13. The predicted molar refractivity (Wildman–Crippen MR) is 116 cm³/mol. The molecular formula is C20H23ClN6O3. The van der Waals surface area contributed by atoms with Crippen molar-refractivity contribution in [3.8, 4) is 0 Å². The Kier molecular flexibility index (Phi) is 6.66. The lowest BCUT2D eigenvalue weighted by atomic mass is 10.1. The number of hydrogen-bond acceptors (Lipinski definition) is 7. The second kappa shape index (κ2) is 9.21. The van der Waals surface area contributed by atoms with E-state index in [1.165, 1.54) is 6.20 Å². The molecule has 0 aliphatic carbocycles. The average molecular weight is 431 g/mol. The number of carbonyl (C=O) groups excluding carboxylic acids is 1. The third-order valence-corrected chi connectivity index (χ3v) is 4.94. The fourth-order valence-corrected chi connectivity index (χ4v) is 3.24. The van der Waals surface area contributed by atoms with Crippen molar-refractivity contribution in [2.75, 3.05) is 25.6 Å². The van der Waals surface area contributed by atoms with Gasteiger partial charge in [0.2, 0.25) is 0 Å². The van der Waals surface area contributed by atoms with Crippen LogP contribution >= 0.6 is 11.6 Å². The number of aliphatic hydroxyl groups excluding tert-OH is 2. The van der Waals surface area contributed by atoms with Gasteiger partial charge in [-0.1, -0.05) is 11.6 Å². The number of amides is 1. The summed E-state index contributed by atoms with van der Waals surface area (Å²) in [4.78, 5) is 21.7. The summed E-state index contributed by atoms with van der Waals surface area (Å²) in [6, 6.07) is 4.35. The zero-order valence-corrected chi connectivity index (χ0v) is 17.4. The highest BCUT2D eigenvalue weighted by atomic mass is 35.5. The SMILES string of the molecule is CCn1cc(C(=O)NC(CO)CO)c2nc(C(=N)c3ccc(Cl)cc3NC)cnc21. The largest absolute Gasteiger partial charge is 0.394 e. The minimum absolute atomic E-state index is 0.129. The molecule has 0 unspecified atom stereocenters. The summed E-state index contributed by atoms with van der Waals surface area (Å²) in [5.41, 5.74) is 2.80. The van der Waals surface area contributed by atoms with E-state index in [1.54, 1.807) is 36.0 Å². The maximum absolute atomic E-state index is 12.7. The third-order valence-electron chi connectivity index (χ3n) is 4.70. The first-order chi connectivity index (χ1) is 14.4. The van der Waals surface area contributed by atoms with Crippen molar-refractivity contribution in [1.82, 2.24) is 19.9 Å². The molecule has 0 aliphatic rings. The Morgan fingerprint density at radius 1 is 1.30 bits per heavy atom. The molecule has 0 bridgehead atoms. The molecule has 9 nitrogen and oxygen atoms in total. The van der Waals surface area contributed by atoms with Crippen molar-refractivity contribution >= 4 is 40.1 Å². The maximum Gasteiger partial charge on any atom is 0.255 e. The molecule has 0 saturated heterocycles. The first-order valence-corrected chi connectivity index (χ1v) is 9.76. The second-order valence-electron chi connectivity index (χ2n) is 6.61. The smallest absolute Gasteiger partial charge is 0.255 e. The number of carbonyl (C=O) groups is 1. The second-order valence-corrected chi connectivity index (χ2v) is 7.04. The molecule has 0 aliphatic heterocycles. The maximum atomic E-state index is 12.7. The lowest BCUT2D eigenvalue weighted by molar-refractivity contribution is 0.0880. The number of hydrogen-bond donors (Lipinski definition) is 5. The van der Waals surface area contributed by atoms with Crippen LogP contribution in [0.1, 0.15) is 28.5 Å². The number of benzene rings is 1. The molecule has 1 amide bonds. The monoisotopic (exact) mass is 430 g/mol. The Labute approximate surface area is 178 Å². The molecule has 158 valence electrons. The van der Waals surface area contributed by atoms with E-state index in [2.05, 4.69) is 20.6 Å². The molecule has 1 aromatic carbocycles. The number of aromatic nitrogens is 3. The molecule has 0 radical (unpaired) electrons. The fraction of sp³-hybridized carbons (Fsp3) is 0.300. The summed E-state index contributed by atoms with van der Waals surface area (Å²) in [7, 11) is 1.74.